The number of rotatable bonds is 1. The number of aromatic amines is 1. The fraction of sp³-hybridized carbons (Fsp3) is 0. The highest BCUT2D eigenvalue weighted by Gasteiger charge is 2.12. The van der Waals surface area contributed by atoms with Crippen molar-refractivity contribution < 1.29 is 4.39 Å². The fourth-order valence-corrected chi connectivity index (χ4v) is 2.19. The maximum Gasteiger partial charge on any atom is 0.138 e. The zero-order chi connectivity index (χ0) is 11.8. The lowest BCUT2D eigenvalue weighted by Crippen LogP contribution is -1.83. The van der Waals surface area contributed by atoms with Gasteiger partial charge in [-0.25, -0.2) is 9.37 Å². The van der Waals surface area contributed by atoms with Crippen LogP contribution in [0.4, 0.5) is 4.39 Å². The molecule has 0 radical (unpaired) electrons. The number of fused-ring (bicyclic) bond motifs is 1. The molecule has 3 rings (SSSR count). The Bertz CT molecular complexity index is 691. The number of pyridine rings is 1. The van der Waals surface area contributed by atoms with Crippen molar-refractivity contribution in [3.63, 3.8) is 0 Å². The molecule has 1 N–H and O–H groups in total. The van der Waals surface area contributed by atoms with E-state index in [1.54, 1.807) is 30.6 Å². The first-order valence-corrected chi connectivity index (χ1v) is 5.51. The van der Waals surface area contributed by atoms with Gasteiger partial charge in [-0.15, -0.1) is 0 Å². The van der Waals surface area contributed by atoms with Crippen LogP contribution in [0.2, 0.25) is 5.15 Å². The lowest BCUT2D eigenvalue weighted by molar-refractivity contribution is 0.631. The molecule has 17 heavy (non-hydrogen) atoms. The van der Waals surface area contributed by atoms with Gasteiger partial charge in [-0.2, -0.15) is 0 Å². The van der Waals surface area contributed by atoms with Crippen LogP contribution in [0.1, 0.15) is 0 Å². The van der Waals surface area contributed by atoms with Crippen LogP contribution < -0.4 is 0 Å². The first-order valence-electron chi connectivity index (χ1n) is 5.14. The van der Waals surface area contributed by atoms with Crippen LogP contribution in [0.15, 0.2) is 42.7 Å². The summed E-state index contributed by atoms with van der Waals surface area (Å²) in [6.07, 6.45) is 3.36. The number of aromatic nitrogens is 2. The number of hydrogen-bond acceptors (Lipinski definition) is 1. The quantitative estimate of drug-likeness (QED) is 0.646. The summed E-state index contributed by atoms with van der Waals surface area (Å²) in [7, 11) is 0. The predicted molar refractivity (Wildman–Crippen MR) is 66.5 cm³/mol. The Hall–Kier alpha value is -1.87. The van der Waals surface area contributed by atoms with E-state index in [1.807, 2.05) is 6.07 Å². The average molecular weight is 247 g/mol. The minimum atomic E-state index is -0.270. The van der Waals surface area contributed by atoms with Crippen LogP contribution in [-0.2, 0) is 0 Å². The van der Waals surface area contributed by atoms with Crippen molar-refractivity contribution in [3.05, 3.63) is 53.7 Å². The number of nitrogens with one attached hydrogen (secondary N) is 1. The molecule has 0 aliphatic carbocycles. The van der Waals surface area contributed by atoms with Gasteiger partial charge >= 0.3 is 0 Å². The molecule has 0 atom stereocenters. The van der Waals surface area contributed by atoms with Gasteiger partial charge in [0.25, 0.3) is 0 Å². The average Bonchev–Trinajstić information content (AvgIpc) is 2.75. The van der Waals surface area contributed by atoms with Crippen molar-refractivity contribution in [3.8, 4) is 11.1 Å². The van der Waals surface area contributed by atoms with Crippen LogP contribution in [-0.4, -0.2) is 9.97 Å². The molecule has 0 fully saturated rings. The maximum absolute atomic E-state index is 13.7. The standard InChI is InChI=1S/C13H8ClFN2/c14-13-12-9(7-17-11(12)5-6-16-13)8-3-1-2-4-10(8)15/h1-7,17H. The molecule has 2 heterocycles. The van der Waals surface area contributed by atoms with E-state index in [9.17, 15) is 4.39 Å². The van der Waals surface area contributed by atoms with E-state index < -0.39 is 0 Å². The molecule has 0 saturated heterocycles. The van der Waals surface area contributed by atoms with E-state index in [-0.39, 0.29) is 5.82 Å². The van der Waals surface area contributed by atoms with Gasteiger partial charge in [0.15, 0.2) is 0 Å². The molecule has 0 spiro atoms. The summed E-state index contributed by atoms with van der Waals surface area (Å²) < 4.78 is 13.7. The highest BCUT2D eigenvalue weighted by Crippen LogP contribution is 2.33. The lowest BCUT2D eigenvalue weighted by atomic mass is 10.1. The molecule has 0 saturated carbocycles. The third-order valence-corrected chi connectivity index (χ3v) is 3.00. The van der Waals surface area contributed by atoms with Gasteiger partial charge in [0.2, 0.25) is 0 Å². The molecule has 0 unspecified atom stereocenters. The highest BCUT2D eigenvalue weighted by atomic mass is 35.5. The Kier molecular flexibility index (Phi) is 2.34. The Morgan fingerprint density at radius 2 is 1.94 bits per heavy atom. The highest BCUT2D eigenvalue weighted by molar-refractivity contribution is 6.35. The third-order valence-electron chi connectivity index (χ3n) is 2.71. The second-order valence-electron chi connectivity index (χ2n) is 3.71. The van der Waals surface area contributed by atoms with E-state index in [0.717, 1.165) is 16.5 Å². The van der Waals surface area contributed by atoms with E-state index in [2.05, 4.69) is 9.97 Å². The molecule has 0 aliphatic heterocycles. The van der Waals surface area contributed by atoms with Gasteiger partial charge in [0, 0.05) is 28.9 Å². The van der Waals surface area contributed by atoms with Crippen molar-refractivity contribution in [2.45, 2.75) is 0 Å². The largest absolute Gasteiger partial charge is 0.360 e. The van der Waals surface area contributed by atoms with Gasteiger partial charge in [0.05, 0.1) is 5.52 Å². The maximum atomic E-state index is 13.7. The van der Waals surface area contributed by atoms with Crippen molar-refractivity contribution in [2.24, 2.45) is 0 Å². The first kappa shape index (κ1) is 10.3. The molecule has 3 aromatic rings. The number of nitrogens with zero attached hydrogens (tertiary/aromatic N) is 1. The fourth-order valence-electron chi connectivity index (χ4n) is 1.93. The molecular weight excluding hydrogens is 239 g/mol. The summed E-state index contributed by atoms with van der Waals surface area (Å²) in [5, 5.41) is 1.13. The van der Waals surface area contributed by atoms with E-state index in [1.165, 1.54) is 6.07 Å². The Morgan fingerprint density at radius 3 is 2.76 bits per heavy atom. The minimum absolute atomic E-state index is 0.270. The van der Waals surface area contributed by atoms with E-state index in [0.29, 0.717) is 10.7 Å². The Morgan fingerprint density at radius 1 is 1.12 bits per heavy atom. The minimum Gasteiger partial charge on any atom is -0.360 e. The SMILES string of the molecule is Fc1ccccc1-c1c[nH]c2ccnc(Cl)c12. The van der Waals surface area contributed by atoms with Gasteiger partial charge < -0.3 is 4.98 Å². The Labute approximate surface area is 102 Å². The summed E-state index contributed by atoms with van der Waals surface area (Å²) in [6.45, 7) is 0. The van der Waals surface area contributed by atoms with E-state index in [4.69, 9.17) is 11.6 Å². The zero-order valence-electron chi connectivity index (χ0n) is 8.74. The zero-order valence-corrected chi connectivity index (χ0v) is 9.50. The summed E-state index contributed by atoms with van der Waals surface area (Å²) in [4.78, 5) is 7.08. The first-order chi connectivity index (χ1) is 8.27. The van der Waals surface area contributed by atoms with Gasteiger partial charge in [0.1, 0.15) is 11.0 Å². The molecule has 2 nitrogen and oxygen atoms in total. The molecule has 0 aliphatic rings. The third kappa shape index (κ3) is 1.59. The molecular formula is C13H8ClFN2. The second kappa shape index (κ2) is 3.86. The van der Waals surface area contributed by atoms with Crippen molar-refractivity contribution >= 4 is 22.5 Å². The van der Waals surface area contributed by atoms with Crippen LogP contribution in [0.5, 0.6) is 0 Å². The van der Waals surface area contributed by atoms with Crippen LogP contribution in [0.3, 0.4) is 0 Å². The summed E-state index contributed by atoms with van der Waals surface area (Å²) in [6, 6.07) is 8.42. The van der Waals surface area contributed by atoms with Crippen molar-refractivity contribution in [1.29, 1.82) is 0 Å². The van der Waals surface area contributed by atoms with Crippen LogP contribution >= 0.6 is 11.6 Å². The van der Waals surface area contributed by atoms with Crippen molar-refractivity contribution in [1.82, 2.24) is 9.97 Å². The molecule has 84 valence electrons. The number of benzene rings is 1. The number of H-pyrrole nitrogens is 1. The topological polar surface area (TPSA) is 28.7 Å². The summed E-state index contributed by atoms with van der Waals surface area (Å²) in [5.41, 5.74) is 2.10. The molecule has 0 bridgehead atoms. The van der Waals surface area contributed by atoms with Crippen molar-refractivity contribution in [2.75, 3.05) is 0 Å². The second-order valence-corrected chi connectivity index (χ2v) is 4.06. The molecule has 4 heteroatoms. The normalized spacial score (nSPS) is 10.9. The number of hydrogen-bond donors (Lipinski definition) is 1. The monoisotopic (exact) mass is 246 g/mol. The smallest absolute Gasteiger partial charge is 0.138 e. The molecule has 1 aromatic carbocycles. The van der Waals surface area contributed by atoms with E-state index >= 15 is 0 Å². The predicted octanol–water partition coefficient (Wildman–Crippen LogP) is 4.02. The summed E-state index contributed by atoms with van der Waals surface area (Å²) in [5.74, 6) is -0.270. The van der Waals surface area contributed by atoms with Crippen LogP contribution in [0.25, 0.3) is 22.0 Å². The number of halogens is 2. The van der Waals surface area contributed by atoms with Gasteiger partial charge in [-0.1, -0.05) is 29.8 Å². The van der Waals surface area contributed by atoms with Gasteiger partial charge in [-0.05, 0) is 12.1 Å². The molecule has 0 amide bonds. The van der Waals surface area contributed by atoms with Gasteiger partial charge in [-0.3, -0.25) is 0 Å². The Balaban J connectivity index is 2.36. The lowest BCUT2D eigenvalue weighted by Gasteiger charge is -2.01. The molecule has 2 aromatic heterocycles. The van der Waals surface area contributed by atoms with Crippen LogP contribution in [0, 0.1) is 5.82 Å². The summed E-state index contributed by atoms with van der Waals surface area (Å²) >= 11 is 6.05.